The first-order valence-electron chi connectivity index (χ1n) is 16.3. The molecule has 2 unspecified atom stereocenters. The van der Waals surface area contributed by atoms with Gasteiger partial charge < -0.3 is 5.73 Å². The quantitative estimate of drug-likeness (QED) is 0.199. The smallest absolute Gasteiger partial charge is 0.264 e. The Bertz CT molecular complexity index is 2180. The van der Waals surface area contributed by atoms with Gasteiger partial charge in [0.15, 0.2) is 0 Å². The molecule has 280 valence electrons. The number of aryl methyl sites for hydroxylation is 2. The Morgan fingerprint density at radius 1 is 0.750 bits per heavy atom. The van der Waals surface area contributed by atoms with Gasteiger partial charge in [0.1, 0.15) is 11.0 Å². The van der Waals surface area contributed by atoms with E-state index < -0.39 is 35.8 Å². The highest BCUT2D eigenvalue weighted by Gasteiger charge is 2.34. The van der Waals surface area contributed by atoms with Crippen LogP contribution in [0.5, 0.6) is 0 Å². The number of nitrogens with zero attached hydrogens (tertiary/aromatic N) is 3. The van der Waals surface area contributed by atoms with Crippen LogP contribution >= 0.6 is 43.5 Å². The van der Waals surface area contributed by atoms with Gasteiger partial charge in [-0.25, -0.2) is 21.0 Å². The summed E-state index contributed by atoms with van der Waals surface area (Å²) in [6.07, 6.45) is 2.49. The lowest BCUT2D eigenvalue weighted by Gasteiger charge is -2.33. The van der Waals surface area contributed by atoms with Crippen molar-refractivity contribution in [3.63, 3.8) is 0 Å². The first-order valence-corrected chi connectivity index (χ1v) is 22.6. The molecule has 2 aliphatic rings. The first kappa shape index (κ1) is 42.2. The molecule has 2 N–H and O–H groups in total. The lowest BCUT2D eigenvalue weighted by molar-refractivity contribution is 0.574. The van der Waals surface area contributed by atoms with Crippen LogP contribution in [0, 0.1) is 13.8 Å². The SMILES string of the molecule is CCl.Cc1ccc(S(=O)(=O)N2CCC(=NS(=O)C(C)(C)C)c3ccc(Br)cc32)cc1.Cc1ccc(S(=O)(=O)N2CCC(N)c3ccc(Br)cc32)cc1. The van der Waals surface area contributed by atoms with E-state index in [4.69, 9.17) is 5.73 Å². The second-order valence-corrected chi connectivity index (χ2v) is 20.7. The fourth-order valence-electron chi connectivity index (χ4n) is 5.50. The summed E-state index contributed by atoms with van der Waals surface area (Å²) in [4.78, 5) is 0.558. The Hall–Kier alpha value is -2.59. The van der Waals surface area contributed by atoms with Crippen LogP contribution in [0.2, 0.25) is 0 Å². The van der Waals surface area contributed by atoms with E-state index in [9.17, 15) is 21.0 Å². The Kier molecular flexibility index (Phi) is 14.0. The molecule has 0 saturated carbocycles. The summed E-state index contributed by atoms with van der Waals surface area (Å²) in [6, 6.07) is 24.7. The molecular weight excluding hydrogens is 872 g/mol. The largest absolute Gasteiger partial charge is 0.324 e. The van der Waals surface area contributed by atoms with E-state index in [2.05, 4.69) is 47.9 Å². The predicted molar refractivity (Wildman–Crippen MR) is 222 cm³/mol. The van der Waals surface area contributed by atoms with Gasteiger partial charge in [-0.05, 0) is 101 Å². The Morgan fingerprint density at radius 3 is 1.71 bits per heavy atom. The van der Waals surface area contributed by atoms with Crippen molar-refractivity contribution in [2.75, 3.05) is 28.1 Å². The van der Waals surface area contributed by atoms with Gasteiger partial charge in [-0.1, -0.05) is 73.3 Å². The number of hydrogen-bond acceptors (Lipinski definition) is 6. The molecular formula is C37H43Br2ClN4O5S3. The number of anilines is 2. The maximum Gasteiger partial charge on any atom is 0.264 e. The van der Waals surface area contributed by atoms with Gasteiger partial charge in [-0.2, -0.15) is 4.40 Å². The minimum absolute atomic E-state index is 0.132. The van der Waals surface area contributed by atoms with Gasteiger partial charge in [0.2, 0.25) is 0 Å². The monoisotopic (exact) mass is 912 g/mol. The van der Waals surface area contributed by atoms with Crippen LogP contribution in [0.3, 0.4) is 0 Å². The maximum absolute atomic E-state index is 13.3. The van der Waals surface area contributed by atoms with Crippen molar-refractivity contribution in [1.29, 1.82) is 0 Å². The fraction of sp³-hybridized carbons (Fsp3) is 0.324. The molecule has 2 atom stereocenters. The first-order chi connectivity index (χ1) is 24.4. The highest BCUT2D eigenvalue weighted by atomic mass is 79.9. The lowest BCUT2D eigenvalue weighted by Crippen LogP contribution is -2.38. The van der Waals surface area contributed by atoms with Crippen molar-refractivity contribution in [2.45, 2.75) is 68.0 Å². The van der Waals surface area contributed by atoms with Crippen LogP contribution in [0.25, 0.3) is 0 Å². The zero-order chi connectivity index (χ0) is 38.6. The van der Waals surface area contributed by atoms with Gasteiger partial charge in [0.25, 0.3) is 20.0 Å². The van der Waals surface area contributed by atoms with Crippen molar-refractivity contribution in [2.24, 2.45) is 10.1 Å². The second kappa shape index (κ2) is 17.3. The molecule has 0 bridgehead atoms. The molecule has 0 aliphatic carbocycles. The third-order valence-corrected chi connectivity index (χ3v) is 14.4. The number of alkyl halides is 1. The number of benzene rings is 4. The molecule has 0 fully saturated rings. The zero-order valence-electron chi connectivity index (χ0n) is 29.8. The number of nitrogens with two attached hydrogens (primary N) is 1. The minimum atomic E-state index is -3.71. The van der Waals surface area contributed by atoms with Crippen molar-refractivity contribution >= 4 is 91.6 Å². The van der Waals surface area contributed by atoms with E-state index >= 15 is 0 Å². The van der Waals surface area contributed by atoms with Crippen LogP contribution in [0.15, 0.2) is 108 Å². The molecule has 0 amide bonds. The summed E-state index contributed by atoms with van der Waals surface area (Å²) >= 11 is 11.5. The molecule has 0 radical (unpaired) electrons. The second-order valence-electron chi connectivity index (χ2n) is 13.2. The van der Waals surface area contributed by atoms with Gasteiger partial charge in [-0.3, -0.25) is 8.61 Å². The topological polar surface area (TPSA) is 130 Å². The zero-order valence-corrected chi connectivity index (χ0v) is 36.2. The highest BCUT2D eigenvalue weighted by molar-refractivity contribution is 9.10. The van der Waals surface area contributed by atoms with Crippen molar-refractivity contribution in [1.82, 2.24) is 0 Å². The van der Waals surface area contributed by atoms with E-state index in [-0.39, 0.29) is 17.5 Å². The molecule has 2 heterocycles. The number of fused-ring (bicyclic) bond motifs is 2. The van der Waals surface area contributed by atoms with Gasteiger partial charge in [-0.15, -0.1) is 11.6 Å². The van der Waals surface area contributed by atoms with Crippen LogP contribution in [0.1, 0.15) is 61.9 Å². The molecule has 2 aliphatic heterocycles. The Labute approximate surface area is 332 Å². The highest BCUT2D eigenvalue weighted by Crippen LogP contribution is 2.38. The van der Waals surface area contributed by atoms with Crippen molar-refractivity contribution in [3.05, 3.63) is 116 Å². The van der Waals surface area contributed by atoms with Gasteiger partial charge in [0, 0.05) is 46.4 Å². The lowest BCUT2D eigenvalue weighted by atomic mass is 9.99. The van der Waals surface area contributed by atoms with Crippen LogP contribution in [-0.4, -0.2) is 51.0 Å². The summed E-state index contributed by atoms with van der Waals surface area (Å²) in [6.45, 7) is 10.1. The predicted octanol–water partition coefficient (Wildman–Crippen LogP) is 8.82. The maximum atomic E-state index is 13.3. The standard InChI is InChI=1S/C20H23BrN2O3S2.C16H17BrN2O2S.CH3Cl/c1-14-5-8-16(9-6-14)28(25,26)23-12-11-18(22-27(24)20(2,3)4)17-10-7-15(21)13-19(17)23;1-11-2-5-13(6-3-11)22(20,21)19-9-8-15(18)14-7-4-12(17)10-16(14)19;1-2/h5-10,13H,11-12H2,1-4H3;2-7,10,15H,8-9,18H2,1H3;1H3. The molecule has 4 aromatic carbocycles. The molecule has 9 nitrogen and oxygen atoms in total. The fourth-order valence-corrected chi connectivity index (χ4v) is 9.84. The Balaban J connectivity index is 0.000000228. The summed E-state index contributed by atoms with van der Waals surface area (Å²) in [5.74, 6) is 0. The number of halogens is 3. The normalized spacial score (nSPS) is 17.2. The number of hydrogen-bond donors (Lipinski definition) is 1. The molecule has 4 aromatic rings. The summed E-state index contributed by atoms with van der Waals surface area (Å²) < 4.78 is 73.4. The van der Waals surface area contributed by atoms with E-state index in [1.165, 1.54) is 15.0 Å². The summed E-state index contributed by atoms with van der Waals surface area (Å²) in [7, 11) is -8.69. The third kappa shape index (κ3) is 9.55. The van der Waals surface area contributed by atoms with E-state index in [1.54, 1.807) is 42.5 Å². The average molecular weight is 915 g/mol. The Morgan fingerprint density at radius 2 is 1.21 bits per heavy atom. The van der Waals surface area contributed by atoms with Gasteiger partial charge in [0.05, 0.1) is 31.6 Å². The summed E-state index contributed by atoms with van der Waals surface area (Å²) in [5, 5.41) is 0. The molecule has 0 spiro atoms. The van der Waals surface area contributed by atoms with E-state index in [0.29, 0.717) is 46.9 Å². The summed E-state index contributed by atoms with van der Waals surface area (Å²) in [5.41, 5.74) is 11.6. The van der Waals surface area contributed by atoms with Crippen molar-refractivity contribution in [3.8, 4) is 0 Å². The van der Waals surface area contributed by atoms with E-state index in [1.807, 2.05) is 77.1 Å². The molecule has 6 rings (SSSR count). The minimum Gasteiger partial charge on any atom is -0.324 e. The average Bonchev–Trinajstić information content (AvgIpc) is 3.09. The van der Waals surface area contributed by atoms with Crippen LogP contribution < -0.4 is 14.3 Å². The van der Waals surface area contributed by atoms with Crippen LogP contribution in [0.4, 0.5) is 11.4 Å². The molecule has 52 heavy (non-hydrogen) atoms. The number of rotatable bonds is 5. The van der Waals surface area contributed by atoms with Crippen molar-refractivity contribution < 1.29 is 21.0 Å². The van der Waals surface area contributed by atoms with Gasteiger partial charge >= 0.3 is 0 Å². The van der Waals surface area contributed by atoms with Crippen LogP contribution in [-0.2, 0) is 31.0 Å². The molecule has 15 heteroatoms. The molecule has 0 saturated heterocycles. The number of sulfonamides is 2. The third-order valence-electron chi connectivity index (χ3n) is 8.33. The van der Waals surface area contributed by atoms with E-state index in [0.717, 1.165) is 25.6 Å². The molecule has 0 aromatic heterocycles.